The third-order valence-corrected chi connectivity index (χ3v) is 4.23. The van der Waals surface area contributed by atoms with E-state index in [-0.39, 0.29) is 19.4 Å². The van der Waals surface area contributed by atoms with Gasteiger partial charge < -0.3 is 30.0 Å². The number of amides is 2. The molecule has 0 aliphatic carbocycles. The lowest BCUT2D eigenvalue weighted by Crippen LogP contribution is -2.53. The third-order valence-electron chi connectivity index (χ3n) is 4.23. The molecular formula is C19H32F6N2O6. The van der Waals surface area contributed by atoms with Crippen molar-refractivity contribution in [1.82, 2.24) is 10.6 Å². The van der Waals surface area contributed by atoms with Gasteiger partial charge in [-0.3, -0.25) is 4.79 Å². The van der Waals surface area contributed by atoms with Crippen LogP contribution in [-0.4, -0.2) is 79.2 Å². The number of hydrogen-bond donors (Lipinski definition) is 3. The summed E-state index contributed by atoms with van der Waals surface area (Å²) >= 11 is 0. The van der Waals surface area contributed by atoms with E-state index in [9.17, 15) is 41.0 Å². The molecule has 0 radical (unpaired) electrons. The lowest BCUT2D eigenvalue weighted by Gasteiger charge is -2.30. The van der Waals surface area contributed by atoms with Crippen molar-refractivity contribution in [3.05, 3.63) is 0 Å². The zero-order chi connectivity index (χ0) is 26.3. The molecule has 0 spiro atoms. The van der Waals surface area contributed by atoms with Crippen molar-refractivity contribution in [3.63, 3.8) is 0 Å². The Balaban J connectivity index is 5.18. The van der Waals surface area contributed by atoms with Gasteiger partial charge in [-0.2, -0.15) is 26.3 Å². The average molecular weight is 498 g/mol. The molecule has 0 saturated carbocycles. The van der Waals surface area contributed by atoms with Crippen LogP contribution in [0.5, 0.6) is 0 Å². The van der Waals surface area contributed by atoms with E-state index in [1.54, 1.807) is 20.8 Å². The Morgan fingerprint density at radius 2 is 1.48 bits per heavy atom. The van der Waals surface area contributed by atoms with Crippen molar-refractivity contribution in [2.24, 2.45) is 0 Å². The fourth-order valence-electron chi connectivity index (χ4n) is 2.31. The number of halogens is 6. The Morgan fingerprint density at radius 3 is 1.91 bits per heavy atom. The summed E-state index contributed by atoms with van der Waals surface area (Å²) in [4.78, 5) is 24.0. The minimum absolute atomic E-state index is 0.00371. The Kier molecular flexibility index (Phi) is 11.4. The van der Waals surface area contributed by atoms with Crippen LogP contribution < -0.4 is 10.6 Å². The Morgan fingerprint density at radius 1 is 0.970 bits per heavy atom. The van der Waals surface area contributed by atoms with E-state index >= 15 is 0 Å². The molecule has 33 heavy (non-hydrogen) atoms. The summed E-state index contributed by atoms with van der Waals surface area (Å²) in [7, 11) is 1.22. The summed E-state index contributed by atoms with van der Waals surface area (Å²) in [5.74, 6) is -0.766. The molecule has 0 fully saturated rings. The van der Waals surface area contributed by atoms with Crippen molar-refractivity contribution in [2.75, 3.05) is 20.3 Å². The van der Waals surface area contributed by atoms with E-state index in [0.717, 1.165) is 0 Å². The highest BCUT2D eigenvalue weighted by Gasteiger charge is 2.58. The van der Waals surface area contributed by atoms with Gasteiger partial charge in [0.15, 0.2) is 0 Å². The van der Waals surface area contributed by atoms with Gasteiger partial charge in [0.2, 0.25) is 6.10 Å². The molecule has 0 aliphatic rings. The van der Waals surface area contributed by atoms with Gasteiger partial charge in [-0.15, -0.1) is 0 Å². The van der Waals surface area contributed by atoms with Crippen LogP contribution in [0, 0.1) is 0 Å². The van der Waals surface area contributed by atoms with Crippen LogP contribution in [0.15, 0.2) is 0 Å². The number of methoxy groups -OCH3 is 1. The van der Waals surface area contributed by atoms with Crippen molar-refractivity contribution in [2.45, 2.75) is 89.3 Å². The maximum Gasteiger partial charge on any atom is 0.423 e. The van der Waals surface area contributed by atoms with Crippen LogP contribution in [0.25, 0.3) is 0 Å². The predicted octanol–water partition coefficient (Wildman–Crippen LogP) is 3.07. The highest BCUT2D eigenvalue weighted by Crippen LogP contribution is 2.35. The first-order valence-electron chi connectivity index (χ1n) is 9.96. The summed E-state index contributed by atoms with van der Waals surface area (Å²) < 4.78 is 89.9. The summed E-state index contributed by atoms with van der Waals surface area (Å²) in [6, 6.07) is -1.30. The van der Waals surface area contributed by atoms with Gasteiger partial charge >= 0.3 is 18.4 Å². The maximum atomic E-state index is 12.7. The Labute approximate surface area is 188 Å². The molecule has 2 atom stereocenters. The number of carbonyl (C=O) groups is 2. The molecule has 0 heterocycles. The smallest absolute Gasteiger partial charge is 0.423 e. The van der Waals surface area contributed by atoms with Gasteiger partial charge in [0.25, 0.3) is 5.91 Å². The molecule has 0 rings (SSSR count). The van der Waals surface area contributed by atoms with E-state index < -0.39 is 60.4 Å². The second-order valence-corrected chi connectivity index (χ2v) is 8.73. The van der Waals surface area contributed by atoms with Crippen LogP contribution in [0.3, 0.4) is 0 Å². The van der Waals surface area contributed by atoms with Crippen molar-refractivity contribution in [1.29, 1.82) is 0 Å². The lowest BCUT2D eigenvalue weighted by atomic mass is 10.0. The standard InChI is InChI=1S/C19H32F6N2O6/c1-16(2,3)33-15(30)26-9-7-8-11(27-14(29)17(4,5)31-6)12(28)10-32-13(18(20,21)22)19(23,24)25/h11-13,28H,7-10H2,1-6H3,(H,26,30)(H,27,29). The molecule has 0 aromatic heterocycles. The third kappa shape index (κ3) is 12.3. The Bertz CT molecular complexity index is 620. The van der Waals surface area contributed by atoms with Crippen molar-refractivity contribution in [3.8, 4) is 0 Å². The summed E-state index contributed by atoms with van der Waals surface area (Å²) in [6.45, 7) is 6.30. The molecular weight excluding hydrogens is 466 g/mol. The van der Waals surface area contributed by atoms with Crippen LogP contribution in [0.2, 0.25) is 0 Å². The van der Waals surface area contributed by atoms with Crippen molar-refractivity contribution < 1.29 is 55.2 Å². The number of carbonyl (C=O) groups excluding carboxylic acids is 2. The first-order valence-corrected chi connectivity index (χ1v) is 9.96. The average Bonchev–Trinajstić information content (AvgIpc) is 2.60. The molecule has 3 N–H and O–H groups in total. The molecule has 14 heteroatoms. The minimum Gasteiger partial charge on any atom is -0.444 e. The second-order valence-electron chi connectivity index (χ2n) is 8.73. The molecule has 196 valence electrons. The number of alkyl carbamates (subject to hydrolysis) is 1. The largest absolute Gasteiger partial charge is 0.444 e. The highest BCUT2D eigenvalue weighted by atomic mass is 19.4. The fraction of sp³-hybridized carbons (Fsp3) is 0.895. The zero-order valence-electron chi connectivity index (χ0n) is 19.3. The van der Waals surface area contributed by atoms with Gasteiger partial charge in [0.05, 0.1) is 18.8 Å². The first-order chi connectivity index (χ1) is 14.7. The minimum atomic E-state index is -5.74. The van der Waals surface area contributed by atoms with E-state index in [0.29, 0.717) is 0 Å². The van der Waals surface area contributed by atoms with Crippen molar-refractivity contribution >= 4 is 12.0 Å². The molecule has 0 aromatic rings. The normalized spacial score (nSPS) is 15.2. The molecule has 8 nitrogen and oxygen atoms in total. The van der Waals surface area contributed by atoms with Crippen LogP contribution in [-0.2, 0) is 19.0 Å². The SMILES string of the molecule is COC(C)(C)C(=O)NC(CCCNC(=O)OC(C)(C)C)C(O)COC(C(F)(F)F)C(F)(F)F. The van der Waals surface area contributed by atoms with Crippen LogP contribution in [0.4, 0.5) is 31.1 Å². The van der Waals surface area contributed by atoms with E-state index in [4.69, 9.17) is 9.47 Å². The van der Waals surface area contributed by atoms with E-state index in [1.807, 2.05) is 0 Å². The summed E-state index contributed by atoms with van der Waals surface area (Å²) in [5.41, 5.74) is -2.15. The van der Waals surface area contributed by atoms with Crippen LogP contribution in [0.1, 0.15) is 47.5 Å². The number of ether oxygens (including phenoxy) is 3. The molecule has 0 saturated heterocycles. The number of nitrogens with one attached hydrogen (secondary N) is 2. The van der Waals surface area contributed by atoms with Crippen LogP contribution >= 0.6 is 0 Å². The monoisotopic (exact) mass is 498 g/mol. The number of aliphatic hydroxyl groups is 1. The maximum absolute atomic E-state index is 12.7. The topological polar surface area (TPSA) is 106 Å². The number of alkyl halides is 6. The quantitative estimate of drug-likeness (QED) is 0.299. The van der Waals surface area contributed by atoms with Gasteiger partial charge in [-0.1, -0.05) is 0 Å². The van der Waals surface area contributed by atoms with Gasteiger partial charge in [-0.05, 0) is 47.5 Å². The lowest BCUT2D eigenvalue weighted by molar-refractivity contribution is -0.325. The number of rotatable bonds is 11. The Hall–Kier alpha value is -1.80. The number of aliphatic hydroxyl groups excluding tert-OH is 1. The predicted molar refractivity (Wildman–Crippen MR) is 104 cm³/mol. The first kappa shape index (κ1) is 31.2. The van der Waals surface area contributed by atoms with Gasteiger partial charge in [-0.25, -0.2) is 4.79 Å². The molecule has 0 aromatic carbocycles. The molecule has 2 amide bonds. The second kappa shape index (κ2) is 12.1. The summed E-state index contributed by atoms with van der Waals surface area (Å²) in [6.07, 6.45) is -18.3. The van der Waals surface area contributed by atoms with E-state index in [1.165, 1.54) is 21.0 Å². The zero-order valence-corrected chi connectivity index (χ0v) is 19.3. The molecule has 2 unspecified atom stereocenters. The van der Waals surface area contributed by atoms with Gasteiger partial charge in [0, 0.05) is 13.7 Å². The highest BCUT2D eigenvalue weighted by molar-refractivity contribution is 5.84. The summed E-state index contributed by atoms with van der Waals surface area (Å²) in [5, 5.41) is 15.0. The molecule has 0 bridgehead atoms. The number of hydrogen-bond acceptors (Lipinski definition) is 6. The fourth-order valence-corrected chi connectivity index (χ4v) is 2.31. The van der Waals surface area contributed by atoms with E-state index in [2.05, 4.69) is 15.4 Å². The molecule has 0 aliphatic heterocycles. The van der Waals surface area contributed by atoms with Gasteiger partial charge in [0.1, 0.15) is 11.2 Å².